The van der Waals surface area contributed by atoms with Crippen molar-refractivity contribution >= 4 is 0 Å². The smallest absolute Gasteiger partial charge is 0.0756 e. The number of hydrogen-bond acceptors (Lipinski definition) is 1. The molecule has 0 heterocycles. The molecule has 0 aliphatic heterocycles. The Balaban J connectivity index is 2.33. The highest BCUT2D eigenvalue weighted by molar-refractivity contribution is 5.35. The lowest BCUT2D eigenvalue weighted by atomic mass is 9.80. The average molecular weight is 216 g/mol. The molecular weight excluding hydrogens is 196 g/mol. The summed E-state index contributed by atoms with van der Waals surface area (Å²) in [6.07, 6.45) is 3.70. The first-order chi connectivity index (χ1) is 7.67. The van der Waals surface area contributed by atoms with Crippen LogP contribution < -0.4 is 0 Å². The molecule has 1 saturated carbocycles. The lowest BCUT2D eigenvalue weighted by molar-refractivity contribution is 0.0250. The van der Waals surface area contributed by atoms with Gasteiger partial charge in [0.2, 0.25) is 0 Å². The Morgan fingerprint density at radius 1 is 1.38 bits per heavy atom. The topological polar surface area (TPSA) is 20.2 Å². The van der Waals surface area contributed by atoms with Crippen LogP contribution in [0.4, 0.5) is 0 Å². The van der Waals surface area contributed by atoms with Gasteiger partial charge < -0.3 is 5.11 Å². The number of hydrogen-bond donors (Lipinski definition) is 1. The summed E-state index contributed by atoms with van der Waals surface area (Å²) in [6, 6.07) is 10.3. The fraction of sp³-hybridized carbons (Fsp3) is 0.467. The molecule has 0 amide bonds. The van der Waals surface area contributed by atoms with Crippen LogP contribution in [0, 0.1) is 0 Å². The third kappa shape index (κ3) is 1.92. The van der Waals surface area contributed by atoms with Crippen molar-refractivity contribution in [2.24, 2.45) is 0 Å². The Morgan fingerprint density at radius 2 is 2.06 bits per heavy atom. The Bertz CT molecular complexity index is 368. The molecule has 0 radical (unpaired) electrons. The Kier molecular flexibility index (Phi) is 3.15. The van der Waals surface area contributed by atoms with Gasteiger partial charge in [0.05, 0.1) is 5.60 Å². The number of rotatable bonds is 3. The normalized spacial score (nSPS) is 29.6. The van der Waals surface area contributed by atoms with Crippen LogP contribution in [-0.4, -0.2) is 10.7 Å². The van der Waals surface area contributed by atoms with Gasteiger partial charge in [0, 0.05) is 5.92 Å². The van der Waals surface area contributed by atoms with Gasteiger partial charge in [-0.2, -0.15) is 0 Å². The van der Waals surface area contributed by atoms with E-state index in [1.807, 2.05) is 18.2 Å². The van der Waals surface area contributed by atoms with Crippen molar-refractivity contribution in [1.82, 2.24) is 0 Å². The molecule has 1 aliphatic carbocycles. The zero-order valence-electron chi connectivity index (χ0n) is 9.95. The van der Waals surface area contributed by atoms with E-state index < -0.39 is 5.60 Å². The van der Waals surface area contributed by atoms with Crippen molar-refractivity contribution in [3.8, 4) is 0 Å². The summed E-state index contributed by atoms with van der Waals surface area (Å²) in [6.45, 7) is 6.26. The molecule has 0 saturated heterocycles. The first-order valence-electron chi connectivity index (χ1n) is 6.12. The molecule has 0 unspecified atom stereocenters. The third-order valence-electron chi connectivity index (χ3n) is 3.64. The van der Waals surface area contributed by atoms with E-state index in [4.69, 9.17) is 0 Å². The molecule has 0 aromatic heterocycles. The maximum Gasteiger partial charge on any atom is 0.0756 e. The molecule has 16 heavy (non-hydrogen) atoms. The van der Waals surface area contributed by atoms with Crippen LogP contribution in [0.25, 0.3) is 0 Å². The van der Waals surface area contributed by atoms with Crippen LogP contribution in [-0.2, 0) is 0 Å². The minimum atomic E-state index is -0.562. The standard InChI is InChI=1S/C15H20O/c1-3-10-15(16)11-9-12(2)14(15)13-7-5-4-6-8-13/h4-8,14,16H,2-3,9-11H2,1H3/t14-,15-/m1/s1. The average Bonchev–Trinajstić information content (AvgIpc) is 2.56. The van der Waals surface area contributed by atoms with Gasteiger partial charge >= 0.3 is 0 Å². The molecule has 2 rings (SSSR count). The fourth-order valence-corrected chi connectivity index (χ4v) is 2.94. The molecular formula is C15H20O. The predicted molar refractivity (Wildman–Crippen MR) is 67.4 cm³/mol. The highest BCUT2D eigenvalue weighted by Crippen LogP contribution is 2.48. The molecule has 1 fully saturated rings. The number of aliphatic hydroxyl groups is 1. The minimum absolute atomic E-state index is 0.133. The molecule has 1 N–H and O–H groups in total. The van der Waals surface area contributed by atoms with E-state index in [1.54, 1.807) is 0 Å². The van der Waals surface area contributed by atoms with Crippen molar-refractivity contribution < 1.29 is 5.11 Å². The first kappa shape index (κ1) is 11.4. The molecule has 1 aromatic rings. The van der Waals surface area contributed by atoms with E-state index in [1.165, 1.54) is 11.1 Å². The maximum absolute atomic E-state index is 10.7. The summed E-state index contributed by atoms with van der Waals surface area (Å²) in [4.78, 5) is 0. The van der Waals surface area contributed by atoms with E-state index in [-0.39, 0.29) is 5.92 Å². The fourth-order valence-electron chi connectivity index (χ4n) is 2.94. The Hall–Kier alpha value is -1.08. The summed E-state index contributed by atoms with van der Waals surface area (Å²) < 4.78 is 0. The van der Waals surface area contributed by atoms with Gasteiger partial charge in [-0.3, -0.25) is 0 Å². The lowest BCUT2D eigenvalue weighted by Crippen LogP contribution is -2.31. The van der Waals surface area contributed by atoms with Gasteiger partial charge in [-0.1, -0.05) is 55.8 Å². The molecule has 0 spiro atoms. The zero-order chi connectivity index (χ0) is 11.6. The summed E-state index contributed by atoms with van der Waals surface area (Å²) >= 11 is 0. The van der Waals surface area contributed by atoms with Crippen molar-refractivity contribution in [3.05, 3.63) is 48.0 Å². The second-order valence-corrected chi connectivity index (χ2v) is 4.86. The number of benzene rings is 1. The second kappa shape index (κ2) is 4.42. The van der Waals surface area contributed by atoms with Gasteiger partial charge in [-0.15, -0.1) is 0 Å². The molecule has 86 valence electrons. The Morgan fingerprint density at radius 3 is 2.69 bits per heavy atom. The minimum Gasteiger partial charge on any atom is -0.389 e. The highest BCUT2D eigenvalue weighted by atomic mass is 16.3. The van der Waals surface area contributed by atoms with Gasteiger partial charge in [0.15, 0.2) is 0 Å². The summed E-state index contributed by atoms with van der Waals surface area (Å²) in [5.74, 6) is 0.133. The van der Waals surface area contributed by atoms with E-state index in [0.29, 0.717) is 0 Å². The van der Waals surface area contributed by atoms with E-state index in [0.717, 1.165) is 25.7 Å². The molecule has 2 atom stereocenters. The summed E-state index contributed by atoms with van der Waals surface area (Å²) in [7, 11) is 0. The van der Waals surface area contributed by atoms with Crippen LogP contribution in [0.15, 0.2) is 42.5 Å². The Labute approximate surface area is 97.8 Å². The molecule has 1 aromatic carbocycles. The molecule has 1 aliphatic rings. The summed E-state index contributed by atoms with van der Waals surface area (Å²) in [5.41, 5.74) is 1.83. The lowest BCUT2D eigenvalue weighted by Gasteiger charge is -2.30. The first-order valence-corrected chi connectivity index (χ1v) is 6.12. The van der Waals surface area contributed by atoms with Crippen molar-refractivity contribution in [3.63, 3.8) is 0 Å². The molecule has 1 nitrogen and oxygen atoms in total. The van der Waals surface area contributed by atoms with Crippen LogP contribution in [0.1, 0.15) is 44.1 Å². The third-order valence-corrected chi connectivity index (χ3v) is 3.64. The monoisotopic (exact) mass is 216 g/mol. The van der Waals surface area contributed by atoms with E-state index in [9.17, 15) is 5.11 Å². The van der Waals surface area contributed by atoms with Gasteiger partial charge in [-0.25, -0.2) is 0 Å². The predicted octanol–water partition coefficient (Wildman–Crippen LogP) is 3.65. The van der Waals surface area contributed by atoms with Gasteiger partial charge in [0.1, 0.15) is 0 Å². The molecule has 0 bridgehead atoms. The van der Waals surface area contributed by atoms with Crippen LogP contribution in [0.3, 0.4) is 0 Å². The zero-order valence-corrected chi connectivity index (χ0v) is 9.95. The molecule has 1 heteroatoms. The maximum atomic E-state index is 10.7. The van der Waals surface area contributed by atoms with Crippen LogP contribution in [0.2, 0.25) is 0 Å². The highest BCUT2D eigenvalue weighted by Gasteiger charge is 2.43. The van der Waals surface area contributed by atoms with E-state index >= 15 is 0 Å². The van der Waals surface area contributed by atoms with Crippen molar-refractivity contribution in [2.45, 2.75) is 44.1 Å². The second-order valence-electron chi connectivity index (χ2n) is 4.86. The largest absolute Gasteiger partial charge is 0.389 e. The van der Waals surface area contributed by atoms with E-state index in [2.05, 4.69) is 25.6 Å². The van der Waals surface area contributed by atoms with Gasteiger partial charge in [-0.05, 0) is 24.8 Å². The van der Waals surface area contributed by atoms with Crippen LogP contribution >= 0.6 is 0 Å². The van der Waals surface area contributed by atoms with Crippen molar-refractivity contribution in [1.29, 1.82) is 0 Å². The van der Waals surface area contributed by atoms with Gasteiger partial charge in [0.25, 0.3) is 0 Å². The summed E-state index contributed by atoms with van der Waals surface area (Å²) in [5, 5.41) is 10.7. The quantitative estimate of drug-likeness (QED) is 0.765. The van der Waals surface area contributed by atoms with Crippen LogP contribution in [0.5, 0.6) is 0 Å². The van der Waals surface area contributed by atoms with Crippen molar-refractivity contribution in [2.75, 3.05) is 0 Å². The SMILES string of the molecule is C=C1CC[C@](O)(CCC)[C@H]1c1ccccc1.